The maximum Gasteiger partial charge on any atom is 0.222 e. The number of aliphatic imine (C=N–C) groups is 1. The first-order valence-electron chi connectivity index (χ1n) is 11.6. The van der Waals surface area contributed by atoms with E-state index in [1.165, 1.54) is 27.6 Å². The third-order valence-electron chi connectivity index (χ3n) is 5.98. The van der Waals surface area contributed by atoms with Crippen molar-refractivity contribution in [3.05, 3.63) is 70.9 Å². The molecule has 1 aliphatic rings. The van der Waals surface area contributed by atoms with Crippen molar-refractivity contribution in [2.24, 2.45) is 4.99 Å². The van der Waals surface area contributed by atoms with Crippen LogP contribution in [0, 0.1) is 6.92 Å². The second-order valence-corrected chi connectivity index (χ2v) is 8.42. The van der Waals surface area contributed by atoms with E-state index in [2.05, 4.69) is 78.1 Å². The number of amides is 1. The number of H-pyrrole nitrogens is 1. The van der Waals surface area contributed by atoms with Crippen LogP contribution in [0.1, 0.15) is 42.0 Å². The van der Waals surface area contributed by atoms with Gasteiger partial charge in [-0.05, 0) is 55.0 Å². The molecule has 4 rings (SSSR count). The van der Waals surface area contributed by atoms with E-state index < -0.39 is 0 Å². The zero-order valence-electron chi connectivity index (χ0n) is 19.1. The van der Waals surface area contributed by atoms with Gasteiger partial charge in [0.1, 0.15) is 0 Å². The van der Waals surface area contributed by atoms with Gasteiger partial charge >= 0.3 is 0 Å². The first-order chi connectivity index (χ1) is 15.6. The van der Waals surface area contributed by atoms with Crippen LogP contribution in [-0.4, -0.2) is 41.4 Å². The maximum absolute atomic E-state index is 11.9. The summed E-state index contributed by atoms with van der Waals surface area (Å²) >= 11 is 0. The molecular weight excluding hydrogens is 398 g/mol. The fourth-order valence-electron chi connectivity index (χ4n) is 4.39. The Morgan fingerprint density at radius 3 is 2.81 bits per heavy atom. The van der Waals surface area contributed by atoms with E-state index in [1.807, 2.05) is 4.90 Å². The van der Waals surface area contributed by atoms with Crippen LogP contribution in [0.4, 0.5) is 0 Å². The highest BCUT2D eigenvalue weighted by molar-refractivity contribution is 5.86. The number of likely N-dealkylation sites (tertiary alicyclic amines) is 1. The molecule has 1 fully saturated rings. The van der Waals surface area contributed by atoms with Crippen LogP contribution >= 0.6 is 0 Å². The zero-order valence-corrected chi connectivity index (χ0v) is 19.1. The van der Waals surface area contributed by atoms with Crippen LogP contribution in [0.3, 0.4) is 0 Å². The molecule has 1 saturated heterocycles. The molecule has 0 atom stereocenters. The number of nitrogens with one attached hydrogen (secondary N) is 3. The minimum atomic E-state index is 0.262. The van der Waals surface area contributed by atoms with Crippen molar-refractivity contribution in [2.45, 2.75) is 46.2 Å². The molecule has 3 N–H and O–H groups in total. The summed E-state index contributed by atoms with van der Waals surface area (Å²) in [5.41, 5.74) is 6.13. The van der Waals surface area contributed by atoms with Crippen LogP contribution in [0.5, 0.6) is 0 Å². The number of carbonyl (C=O) groups is 1. The summed E-state index contributed by atoms with van der Waals surface area (Å²) in [6.45, 7) is 8.02. The number of guanidine groups is 1. The molecule has 3 aromatic rings. The third kappa shape index (κ3) is 5.31. The number of carbonyl (C=O) groups excluding carboxylic acids is 1. The molecule has 2 aromatic carbocycles. The topological polar surface area (TPSA) is 72.5 Å². The van der Waals surface area contributed by atoms with Gasteiger partial charge in [-0.3, -0.25) is 4.79 Å². The van der Waals surface area contributed by atoms with Gasteiger partial charge < -0.3 is 20.5 Å². The number of aromatic nitrogens is 1. The first-order valence-corrected chi connectivity index (χ1v) is 11.6. The van der Waals surface area contributed by atoms with E-state index in [1.54, 1.807) is 0 Å². The van der Waals surface area contributed by atoms with Crippen molar-refractivity contribution in [1.29, 1.82) is 0 Å². The minimum Gasteiger partial charge on any atom is -0.361 e. The standard InChI is InChI=1S/C26H33N5O/c1-3-27-26(28-13-12-22-17-29-23-10-4-7-19(2)25(22)23)30-16-20-8-5-9-21(15-20)18-31-14-6-11-24(31)32/h4-5,7-10,15,17,29H,3,6,11-14,16,18H2,1-2H3,(H2,27,28,30). The van der Waals surface area contributed by atoms with E-state index in [4.69, 9.17) is 4.99 Å². The lowest BCUT2D eigenvalue weighted by Gasteiger charge is -2.16. The SMILES string of the molecule is CCNC(=NCc1cccc(CN2CCCC2=O)c1)NCCc1c[nH]c2cccc(C)c12. The Hall–Kier alpha value is -3.28. The van der Waals surface area contributed by atoms with E-state index in [0.29, 0.717) is 19.5 Å². The van der Waals surface area contributed by atoms with E-state index >= 15 is 0 Å². The number of benzene rings is 2. The average Bonchev–Trinajstić information content (AvgIpc) is 3.39. The van der Waals surface area contributed by atoms with Crippen LogP contribution in [-0.2, 0) is 24.3 Å². The van der Waals surface area contributed by atoms with Crippen molar-refractivity contribution in [3.8, 4) is 0 Å². The van der Waals surface area contributed by atoms with Gasteiger partial charge in [0.25, 0.3) is 0 Å². The molecule has 0 radical (unpaired) electrons. The van der Waals surface area contributed by atoms with Crippen molar-refractivity contribution in [2.75, 3.05) is 19.6 Å². The van der Waals surface area contributed by atoms with Gasteiger partial charge in [-0.15, -0.1) is 0 Å². The summed E-state index contributed by atoms with van der Waals surface area (Å²) < 4.78 is 0. The number of rotatable bonds is 8. The summed E-state index contributed by atoms with van der Waals surface area (Å²) in [7, 11) is 0. The summed E-state index contributed by atoms with van der Waals surface area (Å²) in [6, 6.07) is 14.8. The number of hydrogen-bond acceptors (Lipinski definition) is 2. The minimum absolute atomic E-state index is 0.262. The van der Waals surface area contributed by atoms with Crippen LogP contribution in [0.2, 0.25) is 0 Å². The molecule has 0 saturated carbocycles. The molecule has 2 heterocycles. The largest absolute Gasteiger partial charge is 0.361 e. The number of hydrogen-bond donors (Lipinski definition) is 3. The van der Waals surface area contributed by atoms with Gasteiger partial charge in [0.05, 0.1) is 6.54 Å². The number of aryl methyl sites for hydroxylation is 1. The fourth-order valence-corrected chi connectivity index (χ4v) is 4.39. The van der Waals surface area contributed by atoms with E-state index in [-0.39, 0.29) is 5.91 Å². The predicted molar refractivity (Wildman–Crippen MR) is 131 cm³/mol. The van der Waals surface area contributed by atoms with Crippen molar-refractivity contribution < 1.29 is 4.79 Å². The molecule has 6 heteroatoms. The summed E-state index contributed by atoms with van der Waals surface area (Å²) in [4.78, 5) is 22.0. The first kappa shape index (κ1) is 21.9. The van der Waals surface area contributed by atoms with E-state index in [9.17, 15) is 4.79 Å². The summed E-state index contributed by atoms with van der Waals surface area (Å²) in [6.07, 6.45) is 4.69. The fraction of sp³-hybridized carbons (Fsp3) is 0.385. The lowest BCUT2D eigenvalue weighted by Crippen LogP contribution is -2.38. The Balaban J connectivity index is 1.35. The maximum atomic E-state index is 11.9. The molecular formula is C26H33N5O. The smallest absolute Gasteiger partial charge is 0.222 e. The number of nitrogens with zero attached hydrogens (tertiary/aromatic N) is 2. The lowest BCUT2D eigenvalue weighted by molar-refractivity contribution is -0.128. The molecule has 1 aromatic heterocycles. The molecule has 0 bridgehead atoms. The molecule has 6 nitrogen and oxygen atoms in total. The highest BCUT2D eigenvalue weighted by Gasteiger charge is 2.19. The average molecular weight is 432 g/mol. The lowest BCUT2D eigenvalue weighted by atomic mass is 10.1. The van der Waals surface area contributed by atoms with Gasteiger partial charge in [0.15, 0.2) is 5.96 Å². The molecule has 1 aliphatic heterocycles. The Labute approximate surface area is 190 Å². The van der Waals surface area contributed by atoms with Crippen LogP contribution < -0.4 is 10.6 Å². The van der Waals surface area contributed by atoms with Crippen molar-refractivity contribution in [1.82, 2.24) is 20.5 Å². The zero-order chi connectivity index (χ0) is 22.3. The second kappa shape index (κ2) is 10.4. The van der Waals surface area contributed by atoms with Crippen molar-refractivity contribution in [3.63, 3.8) is 0 Å². The number of fused-ring (bicyclic) bond motifs is 1. The molecule has 0 spiro atoms. The Morgan fingerprint density at radius 2 is 2.00 bits per heavy atom. The predicted octanol–water partition coefficient (Wildman–Crippen LogP) is 3.90. The molecule has 168 valence electrons. The van der Waals surface area contributed by atoms with E-state index in [0.717, 1.165) is 44.0 Å². The van der Waals surface area contributed by atoms with Gasteiger partial charge in [-0.1, -0.05) is 36.4 Å². The Morgan fingerprint density at radius 1 is 1.16 bits per heavy atom. The molecule has 32 heavy (non-hydrogen) atoms. The monoisotopic (exact) mass is 431 g/mol. The Kier molecular flexibility index (Phi) is 7.10. The summed E-state index contributed by atoms with van der Waals surface area (Å²) in [5.74, 6) is 1.08. The molecule has 0 aliphatic carbocycles. The summed E-state index contributed by atoms with van der Waals surface area (Å²) in [5, 5.41) is 8.13. The third-order valence-corrected chi connectivity index (χ3v) is 5.98. The molecule has 0 unspecified atom stereocenters. The van der Waals surface area contributed by atoms with Crippen molar-refractivity contribution >= 4 is 22.8 Å². The highest BCUT2D eigenvalue weighted by atomic mass is 16.2. The van der Waals surface area contributed by atoms with Crippen LogP contribution in [0.25, 0.3) is 10.9 Å². The number of aromatic amines is 1. The van der Waals surface area contributed by atoms with Gasteiger partial charge in [-0.2, -0.15) is 0 Å². The quantitative estimate of drug-likeness (QED) is 0.374. The normalized spacial score (nSPS) is 14.4. The highest BCUT2D eigenvalue weighted by Crippen LogP contribution is 2.22. The second-order valence-electron chi connectivity index (χ2n) is 8.42. The van der Waals surface area contributed by atoms with Crippen LogP contribution in [0.15, 0.2) is 53.7 Å². The van der Waals surface area contributed by atoms with Gasteiger partial charge in [-0.25, -0.2) is 4.99 Å². The molecule has 1 amide bonds. The Bertz CT molecular complexity index is 1100. The van der Waals surface area contributed by atoms with Gasteiger partial charge in [0, 0.05) is 49.7 Å². The van der Waals surface area contributed by atoms with Gasteiger partial charge in [0.2, 0.25) is 5.91 Å².